The SMILES string of the molecule is COc1ccc2c(c1OC)CO[C@@H]2[C@H]1c2c(c(Br)c3c(c2OC)OCO3)CCN1C. The summed E-state index contributed by atoms with van der Waals surface area (Å²) in [6, 6.07) is 3.97. The molecule has 0 saturated carbocycles. The van der Waals surface area contributed by atoms with E-state index in [4.69, 9.17) is 28.4 Å². The van der Waals surface area contributed by atoms with E-state index >= 15 is 0 Å². The van der Waals surface area contributed by atoms with Crippen molar-refractivity contribution in [1.82, 2.24) is 4.90 Å². The highest BCUT2D eigenvalue weighted by molar-refractivity contribution is 9.10. The summed E-state index contributed by atoms with van der Waals surface area (Å²) in [6.07, 6.45) is 0.701. The van der Waals surface area contributed by atoms with Crippen LogP contribution in [0.5, 0.6) is 28.7 Å². The van der Waals surface area contributed by atoms with E-state index in [0.717, 1.165) is 45.6 Å². The van der Waals surface area contributed by atoms with Gasteiger partial charge in [0.25, 0.3) is 0 Å². The van der Waals surface area contributed by atoms with E-state index in [1.807, 2.05) is 6.07 Å². The quantitative estimate of drug-likeness (QED) is 0.659. The molecule has 0 bridgehead atoms. The molecule has 0 fully saturated rings. The Morgan fingerprint density at radius 2 is 1.77 bits per heavy atom. The topological polar surface area (TPSA) is 58.6 Å². The lowest BCUT2D eigenvalue weighted by atomic mass is 9.85. The fourth-order valence-electron chi connectivity index (χ4n) is 4.86. The molecule has 0 amide bonds. The molecule has 3 aliphatic heterocycles. The smallest absolute Gasteiger partial charge is 0.231 e. The maximum atomic E-state index is 6.37. The zero-order valence-corrected chi connectivity index (χ0v) is 19.0. The van der Waals surface area contributed by atoms with E-state index in [1.165, 1.54) is 5.56 Å². The van der Waals surface area contributed by atoms with Gasteiger partial charge in [0.2, 0.25) is 12.5 Å². The number of fused-ring (bicyclic) bond motifs is 3. The Labute approximate surface area is 183 Å². The van der Waals surface area contributed by atoms with Crippen molar-refractivity contribution < 1.29 is 28.4 Å². The zero-order chi connectivity index (χ0) is 21.0. The van der Waals surface area contributed by atoms with Crippen LogP contribution in [0.4, 0.5) is 0 Å². The largest absolute Gasteiger partial charge is 0.493 e. The Morgan fingerprint density at radius 1 is 1.00 bits per heavy atom. The molecule has 3 heterocycles. The summed E-state index contributed by atoms with van der Waals surface area (Å²) in [5.74, 6) is 3.52. The van der Waals surface area contributed by atoms with E-state index in [2.05, 4.69) is 33.9 Å². The molecule has 30 heavy (non-hydrogen) atoms. The standard InChI is InChI=1S/C22H24BrNO6/c1-24-8-7-12-15(20(27-4)22-21(16(12)23)29-10-30-22)17(24)19-11-5-6-14(25-2)18(26-3)13(11)9-28-19/h5-6,17,19H,7-10H2,1-4H3/t17-,19+/m1/s1. The lowest BCUT2D eigenvalue weighted by Gasteiger charge is -2.39. The van der Waals surface area contributed by atoms with Gasteiger partial charge in [-0.2, -0.15) is 0 Å². The van der Waals surface area contributed by atoms with E-state index in [0.29, 0.717) is 23.9 Å². The van der Waals surface area contributed by atoms with Crippen LogP contribution in [0.25, 0.3) is 0 Å². The van der Waals surface area contributed by atoms with Crippen LogP contribution in [0, 0.1) is 0 Å². The van der Waals surface area contributed by atoms with Crippen LogP contribution >= 0.6 is 15.9 Å². The Bertz CT molecular complexity index is 1010. The van der Waals surface area contributed by atoms with Gasteiger partial charge in [-0.15, -0.1) is 0 Å². The molecule has 0 spiro atoms. The highest BCUT2D eigenvalue weighted by Crippen LogP contribution is 2.57. The van der Waals surface area contributed by atoms with Crippen molar-refractivity contribution in [3.63, 3.8) is 0 Å². The molecule has 0 aromatic heterocycles. The summed E-state index contributed by atoms with van der Waals surface area (Å²) >= 11 is 3.75. The molecule has 0 N–H and O–H groups in total. The molecule has 0 radical (unpaired) electrons. The van der Waals surface area contributed by atoms with E-state index in [-0.39, 0.29) is 18.9 Å². The van der Waals surface area contributed by atoms with Crippen molar-refractivity contribution in [2.45, 2.75) is 25.2 Å². The van der Waals surface area contributed by atoms with E-state index in [9.17, 15) is 0 Å². The third-order valence-electron chi connectivity index (χ3n) is 6.23. The first kappa shape index (κ1) is 19.8. The van der Waals surface area contributed by atoms with Crippen LogP contribution in [0.3, 0.4) is 0 Å². The number of likely N-dealkylation sites (N-methyl/N-ethyl adjacent to an activating group) is 1. The van der Waals surface area contributed by atoms with E-state index in [1.54, 1.807) is 21.3 Å². The summed E-state index contributed by atoms with van der Waals surface area (Å²) < 4.78 is 35.8. The van der Waals surface area contributed by atoms with Crippen LogP contribution < -0.4 is 23.7 Å². The second kappa shape index (κ2) is 7.51. The highest BCUT2D eigenvalue weighted by atomic mass is 79.9. The molecule has 8 heteroatoms. The van der Waals surface area contributed by atoms with Crippen LogP contribution in [0.15, 0.2) is 16.6 Å². The second-order valence-electron chi connectivity index (χ2n) is 7.58. The van der Waals surface area contributed by atoms with Crippen molar-refractivity contribution in [3.8, 4) is 28.7 Å². The average molecular weight is 478 g/mol. The molecule has 5 rings (SSSR count). The second-order valence-corrected chi connectivity index (χ2v) is 8.37. The minimum atomic E-state index is -0.176. The minimum absolute atomic E-state index is 0.0474. The molecule has 2 aromatic carbocycles. The Morgan fingerprint density at radius 3 is 2.50 bits per heavy atom. The maximum Gasteiger partial charge on any atom is 0.231 e. The lowest BCUT2D eigenvalue weighted by Crippen LogP contribution is -2.36. The number of hydrogen-bond acceptors (Lipinski definition) is 7. The zero-order valence-electron chi connectivity index (χ0n) is 17.4. The van der Waals surface area contributed by atoms with Gasteiger partial charge in [-0.3, -0.25) is 4.90 Å². The number of hydrogen-bond donors (Lipinski definition) is 0. The average Bonchev–Trinajstić information content (AvgIpc) is 3.41. The third-order valence-corrected chi connectivity index (χ3v) is 7.07. The first-order valence-corrected chi connectivity index (χ1v) is 10.6. The molecular weight excluding hydrogens is 454 g/mol. The first-order valence-electron chi connectivity index (χ1n) is 9.84. The van der Waals surface area contributed by atoms with Gasteiger partial charge in [-0.05, 0) is 46.6 Å². The normalized spacial score (nSPS) is 21.9. The van der Waals surface area contributed by atoms with Gasteiger partial charge in [0.15, 0.2) is 23.0 Å². The van der Waals surface area contributed by atoms with Crippen molar-refractivity contribution >= 4 is 15.9 Å². The first-order chi connectivity index (χ1) is 14.6. The number of ether oxygens (including phenoxy) is 6. The van der Waals surface area contributed by atoms with Crippen LogP contribution in [-0.2, 0) is 17.8 Å². The predicted octanol–water partition coefficient (Wildman–Crippen LogP) is 4.00. The molecule has 2 atom stereocenters. The summed E-state index contributed by atoms with van der Waals surface area (Å²) in [5.41, 5.74) is 4.39. The van der Waals surface area contributed by atoms with Crippen molar-refractivity contribution in [3.05, 3.63) is 38.9 Å². The van der Waals surface area contributed by atoms with Crippen molar-refractivity contribution in [2.24, 2.45) is 0 Å². The molecule has 3 aliphatic rings. The molecule has 0 aliphatic carbocycles. The van der Waals surface area contributed by atoms with Crippen LogP contribution in [0.2, 0.25) is 0 Å². The number of halogens is 1. The number of benzene rings is 2. The predicted molar refractivity (Wildman–Crippen MR) is 113 cm³/mol. The lowest BCUT2D eigenvalue weighted by molar-refractivity contribution is -0.00488. The number of nitrogens with zero attached hydrogens (tertiary/aromatic N) is 1. The number of rotatable bonds is 4. The molecule has 0 saturated heterocycles. The van der Waals surface area contributed by atoms with Gasteiger partial charge in [0.1, 0.15) is 6.10 Å². The van der Waals surface area contributed by atoms with Gasteiger partial charge >= 0.3 is 0 Å². The molecular formula is C22H24BrNO6. The Kier molecular flexibility index (Phi) is 4.95. The molecule has 160 valence electrons. The maximum absolute atomic E-state index is 6.37. The van der Waals surface area contributed by atoms with Crippen LogP contribution in [-0.4, -0.2) is 46.6 Å². The van der Waals surface area contributed by atoms with Crippen molar-refractivity contribution in [2.75, 3.05) is 41.7 Å². The highest BCUT2D eigenvalue weighted by Gasteiger charge is 2.43. The van der Waals surface area contributed by atoms with E-state index < -0.39 is 0 Å². The minimum Gasteiger partial charge on any atom is -0.493 e. The van der Waals surface area contributed by atoms with Gasteiger partial charge in [-0.1, -0.05) is 6.07 Å². The molecule has 2 aromatic rings. The van der Waals surface area contributed by atoms with Gasteiger partial charge in [0, 0.05) is 17.7 Å². The summed E-state index contributed by atoms with van der Waals surface area (Å²) in [6.45, 7) is 1.54. The fraction of sp³-hybridized carbons (Fsp3) is 0.455. The van der Waals surface area contributed by atoms with Gasteiger partial charge in [-0.25, -0.2) is 0 Å². The van der Waals surface area contributed by atoms with Gasteiger partial charge < -0.3 is 28.4 Å². The summed E-state index contributed by atoms with van der Waals surface area (Å²) in [5, 5.41) is 0. The van der Waals surface area contributed by atoms with Crippen LogP contribution in [0.1, 0.15) is 34.4 Å². The summed E-state index contributed by atoms with van der Waals surface area (Å²) in [7, 11) is 7.10. The third kappa shape index (κ3) is 2.70. The molecule has 0 unspecified atom stereocenters. The Hall–Kier alpha value is -2.16. The number of methoxy groups -OCH3 is 3. The Balaban J connectivity index is 1.68. The summed E-state index contributed by atoms with van der Waals surface area (Å²) in [4.78, 5) is 2.32. The van der Waals surface area contributed by atoms with Gasteiger partial charge in [0.05, 0.1) is 38.5 Å². The molecule has 7 nitrogen and oxygen atoms in total. The monoisotopic (exact) mass is 477 g/mol. The van der Waals surface area contributed by atoms with Crippen molar-refractivity contribution in [1.29, 1.82) is 0 Å². The fourth-order valence-corrected chi connectivity index (χ4v) is 5.57.